The van der Waals surface area contributed by atoms with Crippen LogP contribution in [0.5, 0.6) is 0 Å². The number of hydrogen-bond donors (Lipinski definition) is 2. The molecule has 0 aliphatic carbocycles. The van der Waals surface area contributed by atoms with Gasteiger partial charge in [0, 0.05) is 11.9 Å². The predicted octanol–water partition coefficient (Wildman–Crippen LogP) is 3.46. The zero-order valence-corrected chi connectivity index (χ0v) is 14.0. The Bertz CT molecular complexity index is 663. The van der Waals surface area contributed by atoms with Gasteiger partial charge in [0.05, 0.1) is 11.3 Å². The Morgan fingerprint density at radius 3 is 2.29 bits per heavy atom. The lowest BCUT2D eigenvalue weighted by Gasteiger charge is -2.19. The summed E-state index contributed by atoms with van der Waals surface area (Å²) in [5.74, 6) is 0.0643. The van der Waals surface area contributed by atoms with Crippen molar-refractivity contribution in [2.45, 2.75) is 43.0 Å². The largest absolute Gasteiger partial charge is 0.384 e. The molecule has 3 N–H and O–H groups in total. The highest BCUT2D eigenvalue weighted by Crippen LogP contribution is 2.33. The second kappa shape index (κ2) is 5.56. The number of nitrogen functional groups attached to an aromatic ring is 1. The Kier molecular flexibility index (Phi) is 4.14. The molecule has 0 atom stereocenters. The lowest BCUT2D eigenvalue weighted by molar-refractivity contribution is 0.589. The Balaban J connectivity index is 2.33. The number of amidine groups is 1. The van der Waals surface area contributed by atoms with Gasteiger partial charge in [-0.05, 0) is 30.0 Å². The average molecular weight is 302 g/mol. The van der Waals surface area contributed by atoms with Crippen LogP contribution < -0.4 is 5.73 Å². The number of rotatable bonds is 3. The Morgan fingerprint density at radius 2 is 1.81 bits per heavy atom. The maximum atomic E-state index is 7.72. The third-order valence-corrected chi connectivity index (χ3v) is 4.54. The average Bonchev–Trinajstić information content (AvgIpc) is 2.63. The molecule has 5 heteroatoms. The van der Waals surface area contributed by atoms with Crippen molar-refractivity contribution in [3.63, 3.8) is 0 Å². The monoisotopic (exact) mass is 302 g/mol. The van der Waals surface area contributed by atoms with E-state index < -0.39 is 0 Å². The highest BCUT2D eigenvalue weighted by Gasteiger charge is 2.18. The van der Waals surface area contributed by atoms with Crippen LogP contribution in [0.25, 0.3) is 0 Å². The second-order valence-electron chi connectivity index (χ2n) is 6.18. The van der Waals surface area contributed by atoms with Crippen molar-refractivity contribution >= 4 is 17.6 Å². The van der Waals surface area contributed by atoms with E-state index in [-0.39, 0.29) is 11.3 Å². The molecule has 0 radical (unpaired) electrons. The number of nitrogens with one attached hydrogen (secondary N) is 1. The zero-order chi connectivity index (χ0) is 15.8. The van der Waals surface area contributed by atoms with Gasteiger partial charge in [0.2, 0.25) is 0 Å². The topological polar surface area (TPSA) is 67.7 Å². The molecule has 0 saturated heterocycles. The first-order valence-electron chi connectivity index (χ1n) is 6.86. The zero-order valence-electron chi connectivity index (χ0n) is 13.2. The first-order chi connectivity index (χ1) is 9.70. The van der Waals surface area contributed by atoms with Crippen LogP contribution in [0.15, 0.2) is 34.2 Å². The van der Waals surface area contributed by atoms with Gasteiger partial charge >= 0.3 is 0 Å². The maximum absolute atomic E-state index is 7.72. The van der Waals surface area contributed by atoms with E-state index in [1.54, 1.807) is 16.4 Å². The predicted molar refractivity (Wildman–Crippen MR) is 88.2 cm³/mol. The molecule has 4 nitrogen and oxygen atoms in total. The standard InChI is InChI=1S/C16H22N4S/c1-10-13(14(17)18)15(20(5)19-10)21-12-8-6-11(7-9-12)16(2,3)4/h6-9H,1-5H3,(H3,17,18). The summed E-state index contributed by atoms with van der Waals surface area (Å²) in [7, 11) is 1.88. The van der Waals surface area contributed by atoms with E-state index in [2.05, 4.69) is 50.1 Å². The van der Waals surface area contributed by atoms with Gasteiger partial charge < -0.3 is 5.73 Å². The molecule has 112 valence electrons. The van der Waals surface area contributed by atoms with Crippen LogP contribution in [0.1, 0.15) is 37.6 Å². The van der Waals surface area contributed by atoms with Gasteiger partial charge in [0.1, 0.15) is 10.9 Å². The minimum absolute atomic E-state index is 0.0643. The molecule has 21 heavy (non-hydrogen) atoms. The molecule has 0 bridgehead atoms. The van der Waals surface area contributed by atoms with E-state index in [9.17, 15) is 0 Å². The van der Waals surface area contributed by atoms with Crippen molar-refractivity contribution in [3.8, 4) is 0 Å². The van der Waals surface area contributed by atoms with Crippen LogP contribution >= 0.6 is 11.8 Å². The van der Waals surface area contributed by atoms with Gasteiger partial charge in [-0.1, -0.05) is 44.7 Å². The van der Waals surface area contributed by atoms with E-state index >= 15 is 0 Å². The number of nitrogens with zero attached hydrogens (tertiary/aromatic N) is 2. The highest BCUT2D eigenvalue weighted by atomic mass is 32.2. The molecule has 0 unspecified atom stereocenters. The van der Waals surface area contributed by atoms with Crippen molar-refractivity contribution < 1.29 is 0 Å². The molecule has 2 rings (SSSR count). The Labute approximate surface area is 130 Å². The minimum Gasteiger partial charge on any atom is -0.384 e. The van der Waals surface area contributed by atoms with E-state index in [0.717, 1.165) is 21.2 Å². The summed E-state index contributed by atoms with van der Waals surface area (Å²) >= 11 is 1.59. The molecule has 1 aromatic carbocycles. The summed E-state index contributed by atoms with van der Waals surface area (Å²) in [5.41, 5.74) is 8.65. The molecule has 1 aromatic heterocycles. The normalized spacial score (nSPS) is 11.7. The van der Waals surface area contributed by atoms with Crippen molar-refractivity contribution in [2.75, 3.05) is 0 Å². The summed E-state index contributed by atoms with van der Waals surface area (Å²) in [4.78, 5) is 1.12. The van der Waals surface area contributed by atoms with Crippen molar-refractivity contribution in [1.82, 2.24) is 9.78 Å². The summed E-state index contributed by atoms with van der Waals surface area (Å²) in [6.45, 7) is 8.48. The quantitative estimate of drug-likeness (QED) is 0.674. The fourth-order valence-electron chi connectivity index (χ4n) is 2.20. The number of hydrogen-bond acceptors (Lipinski definition) is 3. The summed E-state index contributed by atoms with van der Waals surface area (Å²) < 4.78 is 1.79. The Morgan fingerprint density at radius 1 is 1.24 bits per heavy atom. The van der Waals surface area contributed by atoms with Crippen molar-refractivity contribution in [2.24, 2.45) is 12.8 Å². The molecule has 1 heterocycles. The van der Waals surface area contributed by atoms with E-state index in [4.69, 9.17) is 11.1 Å². The molecule has 0 aliphatic rings. The van der Waals surface area contributed by atoms with E-state index in [1.807, 2.05) is 14.0 Å². The van der Waals surface area contributed by atoms with E-state index in [1.165, 1.54) is 5.56 Å². The Hall–Kier alpha value is -1.75. The van der Waals surface area contributed by atoms with Crippen LogP contribution in [-0.4, -0.2) is 15.6 Å². The molecule has 0 fully saturated rings. The van der Waals surface area contributed by atoms with Gasteiger partial charge in [-0.25, -0.2) is 0 Å². The number of benzene rings is 1. The minimum atomic E-state index is 0.0643. The highest BCUT2D eigenvalue weighted by molar-refractivity contribution is 7.99. The van der Waals surface area contributed by atoms with Crippen LogP contribution in [0.4, 0.5) is 0 Å². The fraction of sp³-hybridized carbons (Fsp3) is 0.375. The third kappa shape index (κ3) is 3.29. The first-order valence-corrected chi connectivity index (χ1v) is 7.68. The molecule has 2 aromatic rings. The van der Waals surface area contributed by atoms with Crippen LogP contribution in [0, 0.1) is 12.3 Å². The second-order valence-corrected chi connectivity index (χ2v) is 7.24. The number of nitrogens with two attached hydrogens (primary N) is 1. The van der Waals surface area contributed by atoms with Gasteiger partial charge in [-0.15, -0.1) is 0 Å². The van der Waals surface area contributed by atoms with Gasteiger partial charge in [0.15, 0.2) is 0 Å². The number of aryl methyl sites for hydroxylation is 2. The van der Waals surface area contributed by atoms with Gasteiger partial charge in [-0.2, -0.15) is 5.10 Å². The molecule has 0 aliphatic heterocycles. The molecule has 0 spiro atoms. The maximum Gasteiger partial charge on any atom is 0.127 e. The number of aromatic nitrogens is 2. The van der Waals surface area contributed by atoms with Crippen molar-refractivity contribution in [1.29, 1.82) is 5.41 Å². The molecule has 0 saturated carbocycles. The molecule has 0 amide bonds. The van der Waals surface area contributed by atoms with Crippen LogP contribution in [0.2, 0.25) is 0 Å². The third-order valence-electron chi connectivity index (χ3n) is 3.37. The first kappa shape index (κ1) is 15.6. The van der Waals surface area contributed by atoms with Gasteiger partial charge in [-0.3, -0.25) is 10.1 Å². The lowest BCUT2D eigenvalue weighted by atomic mass is 9.87. The smallest absolute Gasteiger partial charge is 0.127 e. The summed E-state index contributed by atoms with van der Waals surface area (Å²) in [6.07, 6.45) is 0. The summed E-state index contributed by atoms with van der Waals surface area (Å²) in [5, 5.41) is 13.0. The molecular formula is C16H22N4S. The fourth-order valence-corrected chi connectivity index (χ4v) is 3.23. The van der Waals surface area contributed by atoms with Crippen molar-refractivity contribution in [3.05, 3.63) is 41.1 Å². The van der Waals surface area contributed by atoms with Gasteiger partial charge in [0.25, 0.3) is 0 Å². The lowest BCUT2D eigenvalue weighted by Crippen LogP contribution is -2.13. The molecular weight excluding hydrogens is 280 g/mol. The SMILES string of the molecule is Cc1nn(C)c(Sc2ccc(C(C)(C)C)cc2)c1C(=N)N. The van der Waals surface area contributed by atoms with Crippen LogP contribution in [0.3, 0.4) is 0 Å². The van der Waals surface area contributed by atoms with Crippen LogP contribution in [-0.2, 0) is 12.5 Å². The summed E-state index contributed by atoms with van der Waals surface area (Å²) in [6, 6.07) is 8.52. The van der Waals surface area contributed by atoms with E-state index in [0.29, 0.717) is 0 Å².